The SMILES string of the molecule is Cc1ccc(CN2CCC(C)(/C(N)=N/O)CC2)cc1C. The van der Waals surface area contributed by atoms with Crippen molar-refractivity contribution in [1.29, 1.82) is 0 Å². The topological polar surface area (TPSA) is 61.8 Å². The van der Waals surface area contributed by atoms with Gasteiger partial charge < -0.3 is 10.9 Å². The van der Waals surface area contributed by atoms with Crippen molar-refractivity contribution in [2.75, 3.05) is 13.1 Å². The molecule has 20 heavy (non-hydrogen) atoms. The van der Waals surface area contributed by atoms with Gasteiger partial charge in [0.05, 0.1) is 0 Å². The molecule has 0 aromatic heterocycles. The highest BCUT2D eigenvalue weighted by molar-refractivity contribution is 5.85. The Morgan fingerprint density at radius 2 is 1.95 bits per heavy atom. The van der Waals surface area contributed by atoms with E-state index >= 15 is 0 Å². The van der Waals surface area contributed by atoms with Crippen LogP contribution in [0, 0.1) is 19.3 Å². The number of aryl methyl sites for hydroxylation is 2. The second-order valence-corrected chi connectivity index (χ2v) is 6.24. The first-order valence-electron chi connectivity index (χ1n) is 7.21. The second kappa shape index (κ2) is 5.83. The van der Waals surface area contributed by atoms with Gasteiger partial charge in [0.1, 0.15) is 5.84 Å². The summed E-state index contributed by atoms with van der Waals surface area (Å²) in [5, 5.41) is 12.0. The zero-order valence-electron chi connectivity index (χ0n) is 12.7. The van der Waals surface area contributed by atoms with E-state index in [1.54, 1.807) is 0 Å². The molecule has 4 nitrogen and oxygen atoms in total. The Bertz CT molecular complexity index is 502. The van der Waals surface area contributed by atoms with Crippen LogP contribution >= 0.6 is 0 Å². The van der Waals surface area contributed by atoms with Crippen LogP contribution in [0.1, 0.15) is 36.5 Å². The molecule has 1 aliphatic rings. The molecule has 0 unspecified atom stereocenters. The maximum Gasteiger partial charge on any atom is 0.145 e. The normalized spacial score (nSPS) is 20.1. The average molecular weight is 275 g/mol. The van der Waals surface area contributed by atoms with Crippen molar-refractivity contribution in [1.82, 2.24) is 4.90 Å². The molecule has 1 aromatic carbocycles. The molecule has 0 bridgehead atoms. The highest BCUT2D eigenvalue weighted by Crippen LogP contribution is 2.31. The minimum Gasteiger partial charge on any atom is -0.409 e. The van der Waals surface area contributed by atoms with Crippen LogP contribution in [-0.2, 0) is 6.54 Å². The molecule has 1 saturated heterocycles. The van der Waals surface area contributed by atoms with E-state index in [4.69, 9.17) is 10.9 Å². The van der Waals surface area contributed by atoms with Gasteiger partial charge >= 0.3 is 0 Å². The highest BCUT2D eigenvalue weighted by atomic mass is 16.4. The number of likely N-dealkylation sites (tertiary alicyclic amines) is 1. The van der Waals surface area contributed by atoms with Crippen molar-refractivity contribution >= 4 is 5.84 Å². The van der Waals surface area contributed by atoms with Gasteiger partial charge in [-0.15, -0.1) is 0 Å². The van der Waals surface area contributed by atoms with Crippen LogP contribution in [0.5, 0.6) is 0 Å². The fourth-order valence-electron chi connectivity index (χ4n) is 2.74. The molecule has 4 heteroatoms. The summed E-state index contributed by atoms with van der Waals surface area (Å²) in [7, 11) is 0. The Morgan fingerprint density at radius 1 is 1.30 bits per heavy atom. The van der Waals surface area contributed by atoms with E-state index in [1.165, 1.54) is 16.7 Å². The summed E-state index contributed by atoms with van der Waals surface area (Å²) in [5.74, 6) is 0.364. The minimum absolute atomic E-state index is 0.158. The Labute approximate surface area is 121 Å². The fraction of sp³-hybridized carbons (Fsp3) is 0.562. The number of benzene rings is 1. The van der Waals surface area contributed by atoms with Gasteiger partial charge in [0.2, 0.25) is 0 Å². The average Bonchev–Trinajstić information content (AvgIpc) is 2.44. The molecule has 2 rings (SSSR count). The zero-order valence-corrected chi connectivity index (χ0v) is 12.7. The van der Waals surface area contributed by atoms with Crippen LogP contribution in [-0.4, -0.2) is 29.0 Å². The van der Waals surface area contributed by atoms with E-state index in [-0.39, 0.29) is 5.41 Å². The quantitative estimate of drug-likeness (QED) is 0.386. The third-order valence-corrected chi connectivity index (χ3v) is 4.66. The lowest BCUT2D eigenvalue weighted by Gasteiger charge is -2.38. The molecular formula is C16H25N3O. The number of oxime groups is 1. The summed E-state index contributed by atoms with van der Waals surface area (Å²) in [5.41, 5.74) is 9.69. The summed E-state index contributed by atoms with van der Waals surface area (Å²) in [6.45, 7) is 9.33. The van der Waals surface area contributed by atoms with Gasteiger partial charge in [-0.2, -0.15) is 0 Å². The number of hydrogen-bond donors (Lipinski definition) is 2. The molecule has 1 aromatic rings. The van der Waals surface area contributed by atoms with E-state index < -0.39 is 0 Å². The Balaban J connectivity index is 1.96. The first-order chi connectivity index (χ1) is 9.44. The van der Waals surface area contributed by atoms with Crippen LogP contribution in [0.4, 0.5) is 0 Å². The zero-order chi connectivity index (χ0) is 14.8. The molecule has 1 fully saturated rings. The van der Waals surface area contributed by atoms with Crippen LogP contribution in [0.25, 0.3) is 0 Å². The lowest BCUT2D eigenvalue weighted by Crippen LogP contribution is -2.45. The van der Waals surface area contributed by atoms with Crippen LogP contribution in [0.15, 0.2) is 23.4 Å². The molecule has 110 valence electrons. The first-order valence-corrected chi connectivity index (χ1v) is 7.21. The van der Waals surface area contributed by atoms with Gasteiger partial charge in [0.15, 0.2) is 0 Å². The smallest absolute Gasteiger partial charge is 0.145 e. The van der Waals surface area contributed by atoms with Gasteiger partial charge in [-0.05, 0) is 56.5 Å². The van der Waals surface area contributed by atoms with E-state index in [2.05, 4.69) is 49.0 Å². The van der Waals surface area contributed by atoms with Gasteiger partial charge in [-0.25, -0.2) is 0 Å². The summed E-state index contributed by atoms with van der Waals surface area (Å²) >= 11 is 0. The first kappa shape index (κ1) is 14.9. The van der Waals surface area contributed by atoms with Crippen molar-refractivity contribution in [3.05, 3.63) is 34.9 Å². The van der Waals surface area contributed by atoms with E-state index in [0.717, 1.165) is 32.5 Å². The molecule has 0 aliphatic carbocycles. The van der Waals surface area contributed by atoms with Crippen molar-refractivity contribution in [2.24, 2.45) is 16.3 Å². The van der Waals surface area contributed by atoms with Gasteiger partial charge in [0.25, 0.3) is 0 Å². The molecule has 0 atom stereocenters. The minimum atomic E-state index is -0.158. The van der Waals surface area contributed by atoms with Crippen LogP contribution in [0.2, 0.25) is 0 Å². The van der Waals surface area contributed by atoms with Crippen molar-refractivity contribution in [3.63, 3.8) is 0 Å². The van der Waals surface area contributed by atoms with E-state index in [9.17, 15) is 0 Å². The molecule has 0 spiro atoms. The number of hydrogen-bond acceptors (Lipinski definition) is 3. The van der Waals surface area contributed by atoms with Gasteiger partial charge in [-0.1, -0.05) is 30.3 Å². The molecule has 0 amide bonds. The van der Waals surface area contributed by atoms with Crippen LogP contribution < -0.4 is 5.73 Å². The summed E-state index contributed by atoms with van der Waals surface area (Å²) < 4.78 is 0. The summed E-state index contributed by atoms with van der Waals surface area (Å²) in [6.07, 6.45) is 1.88. The molecule has 0 radical (unpaired) electrons. The molecule has 1 heterocycles. The molecule has 3 N–H and O–H groups in total. The number of nitrogens with zero attached hydrogens (tertiary/aromatic N) is 2. The summed E-state index contributed by atoms with van der Waals surface area (Å²) in [6, 6.07) is 6.67. The highest BCUT2D eigenvalue weighted by Gasteiger charge is 2.34. The number of rotatable bonds is 3. The lowest BCUT2D eigenvalue weighted by molar-refractivity contribution is 0.153. The fourth-order valence-corrected chi connectivity index (χ4v) is 2.74. The number of piperidine rings is 1. The largest absolute Gasteiger partial charge is 0.409 e. The Kier molecular flexibility index (Phi) is 4.33. The second-order valence-electron chi connectivity index (χ2n) is 6.24. The molecule has 0 saturated carbocycles. The Hall–Kier alpha value is -1.55. The molecule has 1 aliphatic heterocycles. The predicted molar refractivity (Wildman–Crippen MR) is 81.9 cm³/mol. The van der Waals surface area contributed by atoms with E-state index in [1.807, 2.05) is 0 Å². The monoisotopic (exact) mass is 275 g/mol. The van der Waals surface area contributed by atoms with Crippen molar-refractivity contribution in [3.8, 4) is 0 Å². The number of amidine groups is 1. The predicted octanol–water partition coefficient (Wildman–Crippen LogP) is 2.65. The maximum absolute atomic E-state index is 8.86. The third-order valence-electron chi connectivity index (χ3n) is 4.66. The standard InChI is InChI=1S/C16H25N3O/c1-12-4-5-14(10-13(12)2)11-19-8-6-16(3,7-9-19)15(17)18-20/h4-5,10,20H,6-9,11H2,1-3H3,(H2,17,18). The van der Waals surface area contributed by atoms with Crippen molar-refractivity contribution < 1.29 is 5.21 Å². The number of nitrogens with two attached hydrogens (primary N) is 1. The van der Waals surface area contributed by atoms with Gasteiger partial charge in [0, 0.05) is 12.0 Å². The lowest BCUT2D eigenvalue weighted by atomic mass is 9.79. The third kappa shape index (κ3) is 3.12. The summed E-state index contributed by atoms with van der Waals surface area (Å²) in [4.78, 5) is 2.44. The Morgan fingerprint density at radius 3 is 2.50 bits per heavy atom. The van der Waals surface area contributed by atoms with E-state index in [0.29, 0.717) is 5.84 Å². The molecular weight excluding hydrogens is 250 g/mol. The van der Waals surface area contributed by atoms with Gasteiger partial charge in [-0.3, -0.25) is 4.90 Å². The maximum atomic E-state index is 8.86. The van der Waals surface area contributed by atoms with Crippen molar-refractivity contribution in [2.45, 2.75) is 40.2 Å². The van der Waals surface area contributed by atoms with Crippen LogP contribution in [0.3, 0.4) is 0 Å².